The minimum absolute atomic E-state index is 0. The molecule has 0 nitrogen and oxygen atoms in total. The van der Waals surface area contributed by atoms with Crippen LogP contribution in [0.15, 0.2) is 0 Å². The lowest BCUT2D eigenvalue weighted by atomic mass is 10.3. The second-order valence-corrected chi connectivity index (χ2v) is 3.32. The number of hydrogen-bond acceptors (Lipinski definition) is 0. The SMILES string of the molecule is C[CH]C.[CH2]C.[CH2]C(C)C.[CH2]CC.[CH2]CCC.[CH3]. The Balaban J connectivity index is -0.0000000224. The van der Waals surface area contributed by atoms with Crippen molar-refractivity contribution in [1.29, 1.82) is 0 Å². The van der Waals surface area contributed by atoms with Crippen molar-refractivity contribution in [1.82, 2.24) is 0 Å². The second-order valence-electron chi connectivity index (χ2n) is 3.32. The van der Waals surface area contributed by atoms with E-state index in [9.17, 15) is 0 Å². The third-order valence-corrected chi connectivity index (χ3v) is 0.354. The predicted molar refractivity (Wildman–Crippen MR) is 89.2 cm³/mol. The molecule has 0 aliphatic carbocycles. The van der Waals surface area contributed by atoms with E-state index in [1.165, 1.54) is 6.42 Å². The number of unbranched alkanes of at least 4 members (excludes halogenated alkanes) is 1. The zero-order chi connectivity index (χ0) is 14.4. The molecule has 0 bridgehead atoms. The van der Waals surface area contributed by atoms with Crippen LogP contribution in [0, 0.1) is 47.5 Å². The average Bonchev–Trinajstić information content (AvgIpc) is 2.22. The van der Waals surface area contributed by atoms with E-state index >= 15 is 0 Å². The molecular formula is C17H40. The van der Waals surface area contributed by atoms with E-state index in [2.05, 4.69) is 48.5 Å². The van der Waals surface area contributed by atoms with E-state index in [0.717, 1.165) is 12.8 Å². The minimum atomic E-state index is 0. The van der Waals surface area contributed by atoms with E-state index in [4.69, 9.17) is 0 Å². The molecule has 0 aliphatic heterocycles. The van der Waals surface area contributed by atoms with Crippen LogP contribution < -0.4 is 0 Å². The minimum Gasteiger partial charge on any atom is -0.0683 e. The second kappa shape index (κ2) is 73.5. The van der Waals surface area contributed by atoms with Gasteiger partial charge in [-0.05, 0) is 12.3 Å². The molecule has 0 unspecified atom stereocenters. The highest BCUT2D eigenvalue weighted by Crippen LogP contribution is 1.80. The molecule has 0 saturated heterocycles. The van der Waals surface area contributed by atoms with Gasteiger partial charge in [-0.3, -0.25) is 0 Å². The van der Waals surface area contributed by atoms with Crippen molar-refractivity contribution in [2.24, 2.45) is 5.92 Å². The Morgan fingerprint density at radius 3 is 1.06 bits per heavy atom. The summed E-state index contributed by atoms with van der Waals surface area (Å²) in [7, 11) is 0. The van der Waals surface area contributed by atoms with Crippen molar-refractivity contribution in [2.45, 2.75) is 67.7 Å². The molecule has 17 heavy (non-hydrogen) atoms. The van der Waals surface area contributed by atoms with Gasteiger partial charge in [0.05, 0.1) is 0 Å². The average molecular weight is 245 g/mol. The maximum atomic E-state index is 3.64. The number of hydrogen-bond donors (Lipinski definition) is 0. The zero-order valence-electron chi connectivity index (χ0n) is 14.1. The van der Waals surface area contributed by atoms with Gasteiger partial charge in [0.25, 0.3) is 0 Å². The molecule has 0 amide bonds. The molecular weight excluding hydrogens is 204 g/mol. The first-order valence-electron chi connectivity index (χ1n) is 6.34. The third-order valence-electron chi connectivity index (χ3n) is 0.354. The predicted octanol–water partition coefficient (Wildman–Crippen LogP) is 6.85. The lowest BCUT2D eigenvalue weighted by Crippen LogP contribution is -1.67. The maximum absolute atomic E-state index is 3.64. The molecule has 0 atom stereocenters. The molecule has 108 valence electrons. The summed E-state index contributed by atoms with van der Waals surface area (Å²) in [6.07, 6.45) is 5.28. The fourth-order valence-corrected chi connectivity index (χ4v) is 0. The van der Waals surface area contributed by atoms with Crippen molar-refractivity contribution in [3.05, 3.63) is 41.5 Å². The van der Waals surface area contributed by atoms with E-state index < -0.39 is 0 Å². The normalized spacial score (nSPS) is 6.35. The van der Waals surface area contributed by atoms with Crippen LogP contribution in [0.4, 0.5) is 0 Å². The van der Waals surface area contributed by atoms with Gasteiger partial charge in [-0.2, -0.15) is 0 Å². The van der Waals surface area contributed by atoms with Crippen LogP contribution in [0.1, 0.15) is 67.7 Å². The summed E-state index contributed by atoms with van der Waals surface area (Å²) in [6.45, 7) is 28.0. The monoisotopic (exact) mass is 244 g/mol. The van der Waals surface area contributed by atoms with E-state index in [1.54, 1.807) is 6.92 Å². The zero-order valence-corrected chi connectivity index (χ0v) is 14.1. The highest BCUT2D eigenvalue weighted by atomic mass is 13.7. The van der Waals surface area contributed by atoms with Gasteiger partial charge in [0.15, 0.2) is 0 Å². The van der Waals surface area contributed by atoms with Crippen molar-refractivity contribution in [3.8, 4) is 0 Å². The molecule has 0 heterocycles. The van der Waals surface area contributed by atoms with E-state index in [-0.39, 0.29) is 7.43 Å². The van der Waals surface area contributed by atoms with Crippen molar-refractivity contribution >= 4 is 0 Å². The van der Waals surface area contributed by atoms with Gasteiger partial charge in [0.2, 0.25) is 0 Å². The molecule has 0 aromatic rings. The molecule has 0 rings (SSSR count). The molecule has 0 fully saturated rings. The first-order valence-corrected chi connectivity index (χ1v) is 6.34. The highest BCUT2D eigenvalue weighted by Gasteiger charge is 1.68. The molecule has 0 aromatic carbocycles. The first kappa shape index (κ1) is 36.0. The Morgan fingerprint density at radius 1 is 1.00 bits per heavy atom. The third kappa shape index (κ3) is 3140. The standard InChI is InChI=1S/2C4H9.2C3H7.C2H5.CH3/c1-4(2)3;1-3-4-2;2*1-3-2;1-2;/h4H,1H2,2-3H3;1,3-4H2,2H3;3H,1-2H3;1,3H2,2H3;1H2,2H3;1H3. The Hall–Kier alpha value is 0. The summed E-state index contributed by atoms with van der Waals surface area (Å²) in [5.74, 6) is 0.583. The van der Waals surface area contributed by atoms with E-state index in [1.807, 2.05) is 27.2 Å². The quantitative estimate of drug-likeness (QED) is 0.473. The fourth-order valence-electron chi connectivity index (χ4n) is 0. The summed E-state index contributed by atoms with van der Waals surface area (Å²) in [4.78, 5) is 0. The van der Waals surface area contributed by atoms with Gasteiger partial charge in [-0.15, -0.1) is 0 Å². The molecule has 0 aliphatic rings. The molecule has 6 radical (unpaired) electrons. The number of rotatable bonds is 1. The van der Waals surface area contributed by atoms with Gasteiger partial charge in [0.1, 0.15) is 0 Å². The van der Waals surface area contributed by atoms with Gasteiger partial charge < -0.3 is 0 Å². The smallest absolute Gasteiger partial charge is 0.0448 e. The van der Waals surface area contributed by atoms with Gasteiger partial charge in [-0.1, -0.05) is 103 Å². The van der Waals surface area contributed by atoms with Gasteiger partial charge >= 0.3 is 0 Å². The van der Waals surface area contributed by atoms with Gasteiger partial charge in [0, 0.05) is 0 Å². The Morgan fingerprint density at radius 2 is 1.06 bits per heavy atom. The molecule has 0 saturated carbocycles. The Bertz CT molecular complexity index is 30.5. The van der Waals surface area contributed by atoms with Crippen LogP contribution >= 0.6 is 0 Å². The maximum Gasteiger partial charge on any atom is -0.0448 e. The van der Waals surface area contributed by atoms with Crippen LogP contribution in [0.3, 0.4) is 0 Å². The summed E-state index contributed by atoms with van der Waals surface area (Å²) < 4.78 is 0. The summed E-state index contributed by atoms with van der Waals surface area (Å²) in [5.41, 5.74) is 0. The molecule has 0 aromatic heterocycles. The molecule has 0 spiro atoms. The van der Waals surface area contributed by atoms with E-state index in [0.29, 0.717) is 5.92 Å². The van der Waals surface area contributed by atoms with Crippen LogP contribution in [0.5, 0.6) is 0 Å². The summed E-state index contributed by atoms with van der Waals surface area (Å²) in [6, 6.07) is 0. The Kier molecular flexibility index (Phi) is 155. The van der Waals surface area contributed by atoms with Crippen LogP contribution in [0.2, 0.25) is 0 Å². The van der Waals surface area contributed by atoms with Crippen molar-refractivity contribution in [3.63, 3.8) is 0 Å². The van der Waals surface area contributed by atoms with Crippen molar-refractivity contribution in [2.75, 3.05) is 0 Å². The summed E-state index contributed by atoms with van der Waals surface area (Å²) >= 11 is 0. The van der Waals surface area contributed by atoms with Crippen LogP contribution in [-0.4, -0.2) is 0 Å². The van der Waals surface area contributed by atoms with Crippen molar-refractivity contribution < 1.29 is 0 Å². The van der Waals surface area contributed by atoms with Crippen LogP contribution in [-0.2, 0) is 0 Å². The van der Waals surface area contributed by atoms with Crippen LogP contribution in [0.25, 0.3) is 0 Å². The lowest BCUT2D eigenvalue weighted by molar-refractivity contribution is 0.827. The highest BCUT2D eigenvalue weighted by molar-refractivity contribution is 4.38. The topological polar surface area (TPSA) is 0 Å². The molecule has 0 heteroatoms. The first-order chi connectivity index (χ1) is 7.47. The fraction of sp³-hybridized carbons (Fsp3) is 0.647. The molecule has 0 N–H and O–H groups in total. The largest absolute Gasteiger partial charge is 0.0683 e. The lowest BCUT2D eigenvalue weighted by Gasteiger charge is -1.78. The Labute approximate surface area is 116 Å². The summed E-state index contributed by atoms with van der Waals surface area (Å²) in [5, 5.41) is 0. The van der Waals surface area contributed by atoms with Gasteiger partial charge in [-0.25, -0.2) is 0 Å².